The number of ether oxygens (including phenoxy) is 1. The summed E-state index contributed by atoms with van der Waals surface area (Å²) in [5.74, 6) is 0. The molecule has 0 aliphatic carbocycles. The molecule has 2 heterocycles. The Labute approximate surface area is 108 Å². The molecule has 3 heteroatoms. The SMILES string of the molecule is CNC.c1cncc(-c2cccc3c2COC3)c1. The van der Waals surface area contributed by atoms with E-state index in [4.69, 9.17) is 4.74 Å². The number of hydrogen-bond donors (Lipinski definition) is 1. The third-order valence-electron chi connectivity index (χ3n) is 2.75. The Morgan fingerprint density at radius 2 is 1.94 bits per heavy atom. The fourth-order valence-corrected chi connectivity index (χ4v) is 2.00. The topological polar surface area (TPSA) is 34.2 Å². The molecule has 94 valence electrons. The molecule has 3 nitrogen and oxygen atoms in total. The van der Waals surface area contributed by atoms with E-state index >= 15 is 0 Å². The van der Waals surface area contributed by atoms with Gasteiger partial charge in [-0.25, -0.2) is 0 Å². The summed E-state index contributed by atoms with van der Waals surface area (Å²) in [4.78, 5) is 4.15. The van der Waals surface area contributed by atoms with E-state index in [2.05, 4.69) is 34.6 Å². The predicted molar refractivity (Wildman–Crippen MR) is 73.1 cm³/mol. The van der Waals surface area contributed by atoms with Crippen LogP contribution in [-0.4, -0.2) is 19.1 Å². The van der Waals surface area contributed by atoms with E-state index in [1.807, 2.05) is 26.4 Å². The molecule has 0 fully saturated rings. The van der Waals surface area contributed by atoms with E-state index in [0.29, 0.717) is 0 Å². The van der Waals surface area contributed by atoms with Crippen molar-refractivity contribution in [3.8, 4) is 11.1 Å². The van der Waals surface area contributed by atoms with Gasteiger partial charge in [-0.2, -0.15) is 0 Å². The fourth-order valence-electron chi connectivity index (χ4n) is 2.00. The second kappa shape index (κ2) is 6.28. The average molecular weight is 242 g/mol. The van der Waals surface area contributed by atoms with Gasteiger partial charge in [0, 0.05) is 18.0 Å². The minimum absolute atomic E-state index is 0.723. The van der Waals surface area contributed by atoms with Crippen LogP contribution >= 0.6 is 0 Å². The van der Waals surface area contributed by atoms with Crippen LogP contribution in [0.15, 0.2) is 42.7 Å². The van der Waals surface area contributed by atoms with Gasteiger partial charge in [0.15, 0.2) is 0 Å². The van der Waals surface area contributed by atoms with Crippen molar-refractivity contribution in [3.05, 3.63) is 53.9 Å². The standard InChI is InChI=1S/C13H11NO.C2H7N/c1-3-11-8-15-9-13(11)12(5-1)10-4-2-6-14-7-10;1-3-2/h1-7H,8-9H2;3H,1-2H3. The zero-order chi connectivity index (χ0) is 12.8. The van der Waals surface area contributed by atoms with E-state index in [1.165, 1.54) is 22.3 Å². The van der Waals surface area contributed by atoms with Gasteiger partial charge in [-0.3, -0.25) is 4.98 Å². The Kier molecular flexibility index (Phi) is 4.45. The Hall–Kier alpha value is -1.71. The molecule has 3 rings (SSSR count). The first-order valence-electron chi connectivity index (χ1n) is 6.04. The Bertz CT molecular complexity index is 497. The maximum atomic E-state index is 5.46. The molecule has 0 spiro atoms. The molecule has 1 aromatic carbocycles. The molecule has 0 radical (unpaired) electrons. The van der Waals surface area contributed by atoms with Crippen LogP contribution < -0.4 is 5.32 Å². The summed E-state index contributed by atoms with van der Waals surface area (Å²) in [6.07, 6.45) is 3.69. The number of hydrogen-bond acceptors (Lipinski definition) is 3. The third kappa shape index (κ3) is 2.75. The van der Waals surface area contributed by atoms with Crippen LogP contribution in [0.4, 0.5) is 0 Å². The van der Waals surface area contributed by atoms with Crippen LogP contribution in [0.2, 0.25) is 0 Å². The van der Waals surface area contributed by atoms with Crippen molar-refractivity contribution < 1.29 is 4.74 Å². The molecule has 0 amide bonds. The Morgan fingerprint density at radius 1 is 1.11 bits per heavy atom. The highest BCUT2D eigenvalue weighted by Gasteiger charge is 2.15. The van der Waals surface area contributed by atoms with Crippen molar-refractivity contribution in [1.29, 1.82) is 0 Å². The first-order valence-corrected chi connectivity index (χ1v) is 6.04. The first-order chi connectivity index (χ1) is 8.86. The second-order valence-corrected chi connectivity index (χ2v) is 4.18. The monoisotopic (exact) mass is 242 g/mol. The number of nitrogens with one attached hydrogen (secondary N) is 1. The molecule has 0 unspecified atom stereocenters. The van der Waals surface area contributed by atoms with Gasteiger partial charge in [0.25, 0.3) is 0 Å². The number of pyridine rings is 1. The zero-order valence-electron chi connectivity index (χ0n) is 10.8. The molecule has 1 aliphatic heterocycles. The summed E-state index contributed by atoms with van der Waals surface area (Å²) in [6.45, 7) is 1.46. The lowest BCUT2D eigenvalue weighted by molar-refractivity contribution is 0.134. The molecular formula is C15H18N2O. The summed E-state index contributed by atoms with van der Waals surface area (Å²) >= 11 is 0. The van der Waals surface area contributed by atoms with Gasteiger partial charge in [-0.1, -0.05) is 24.3 Å². The summed E-state index contributed by atoms with van der Waals surface area (Å²) in [6, 6.07) is 10.4. The van der Waals surface area contributed by atoms with E-state index in [9.17, 15) is 0 Å². The highest BCUT2D eigenvalue weighted by molar-refractivity contribution is 5.68. The van der Waals surface area contributed by atoms with Crippen molar-refractivity contribution in [1.82, 2.24) is 10.3 Å². The van der Waals surface area contributed by atoms with Crippen molar-refractivity contribution >= 4 is 0 Å². The van der Waals surface area contributed by atoms with Gasteiger partial charge in [0.1, 0.15) is 0 Å². The fraction of sp³-hybridized carbons (Fsp3) is 0.267. The van der Waals surface area contributed by atoms with Gasteiger partial charge in [-0.15, -0.1) is 0 Å². The lowest BCUT2D eigenvalue weighted by Crippen LogP contribution is -1.89. The second-order valence-electron chi connectivity index (χ2n) is 4.18. The summed E-state index contributed by atoms with van der Waals surface area (Å²) in [7, 11) is 3.75. The summed E-state index contributed by atoms with van der Waals surface area (Å²) in [5, 5.41) is 2.75. The van der Waals surface area contributed by atoms with Crippen LogP contribution in [0.1, 0.15) is 11.1 Å². The molecule has 1 aliphatic rings. The lowest BCUT2D eigenvalue weighted by atomic mass is 9.98. The first kappa shape index (κ1) is 12.7. The van der Waals surface area contributed by atoms with Crippen molar-refractivity contribution in [2.45, 2.75) is 13.2 Å². The van der Waals surface area contributed by atoms with Gasteiger partial charge in [0.2, 0.25) is 0 Å². The molecule has 0 saturated carbocycles. The van der Waals surface area contributed by atoms with Crippen molar-refractivity contribution in [3.63, 3.8) is 0 Å². The van der Waals surface area contributed by atoms with Gasteiger partial charge in [0.05, 0.1) is 13.2 Å². The zero-order valence-corrected chi connectivity index (χ0v) is 10.8. The minimum atomic E-state index is 0.723. The van der Waals surface area contributed by atoms with Crippen LogP contribution in [0.3, 0.4) is 0 Å². The number of aromatic nitrogens is 1. The van der Waals surface area contributed by atoms with Crippen LogP contribution in [0.25, 0.3) is 11.1 Å². The van der Waals surface area contributed by atoms with Gasteiger partial charge in [-0.05, 0) is 36.9 Å². The van der Waals surface area contributed by atoms with Gasteiger partial charge >= 0.3 is 0 Å². The normalized spacial score (nSPS) is 12.6. The van der Waals surface area contributed by atoms with Crippen LogP contribution in [0.5, 0.6) is 0 Å². The molecule has 0 bridgehead atoms. The third-order valence-corrected chi connectivity index (χ3v) is 2.75. The lowest BCUT2D eigenvalue weighted by Gasteiger charge is -2.06. The predicted octanol–water partition coefficient (Wildman–Crippen LogP) is 2.61. The van der Waals surface area contributed by atoms with Crippen LogP contribution in [-0.2, 0) is 18.0 Å². The van der Waals surface area contributed by atoms with E-state index in [1.54, 1.807) is 6.20 Å². The van der Waals surface area contributed by atoms with Crippen molar-refractivity contribution in [2.75, 3.05) is 14.1 Å². The van der Waals surface area contributed by atoms with Gasteiger partial charge < -0.3 is 10.1 Å². The molecule has 1 N–H and O–H groups in total. The minimum Gasteiger partial charge on any atom is -0.372 e. The number of benzene rings is 1. The maximum absolute atomic E-state index is 5.46. The average Bonchev–Trinajstić information content (AvgIpc) is 2.89. The maximum Gasteiger partial charge on any atom is 0.0731 e. The van der Waals surface area contributed by atoms with E-state index in [0.717, 1.165) is 13.2 Å². The van der Waals surface area contributed by atoms with Crippen LogP contribution in [0, 0.1) is 0 Å². The smallest absolute Gasteiger partial charge is 0.0731 e. The highest BCUT2D eigenvalue weighted by atomic mass is 16.5. The number of fused-ring (bicyclic) bond motifs is 1. The van der Waals surface area contributed by atoms with E-state index < -0.39 is 0 Å². The number of nitrogens with zero attached hydrogens (tertiary/aromatic N) is 1. The van der Waals surface area contributed by atoms with E-state index in [-0.39, 0.29) is 0 Å². The summed E-state index contributed by atoms with van der Waals surface area (Å²) in [5.41, 5.74) is 5.03. The largest absolute Gasteiger partial charge is 0.372 e. The molecule has 1 aromatic heterocycles. The molecule has 0 atom stereocenters. The summed E-state index contributed by atoms with van der Waals surface area (Å²) < 4.78 is 5.46. The molecular weight excluding hydrogens is 224 g/mol. The highest BCUT2D eigenvalue weighted by Crippen LogP contribution is 2.30. The van der Waals surface area contributed by atoms with Crippen molar-refractivity contribution in [2.24, 2.45) is 0 Å². The molecule has 0 saturated heterocycles. The number of rotatable bonds is 1. The Balaban J connectivity index is 0.000000367. The molecule has 2 aromatic rings. The molecule has 18 heavy (non-hydrogen) atoms. The quantitative estimate of drug-likeness (QED) is 0.834. The Morgan fingerprint density at radius 3 is 2.67 bits per heavy atom.